The predicted molar refractivity (Wildman–Crippen MR) is 91.2 cm³/mol. The Bertz CT molecular complexity index is 508. The molecule has 0 bridgehead atoms. The summed E-state index contributed by atoms with van der Waals surface area (Å²) in [5, 5.41) is 1.66. The molecular weight excluding hydrogens is 256 g/mol. The van der Waals surface area contributed by atoms with Crippen molar-refractivity contribution in [3.63, 3.8) is 0 Å². The lowest BCUT2D eigenvalue weighted by Crippen LogP contribution is -2.53. The van der Waals surface area contributed by atoms with Crippen LogP contribution in [0.15, 0.2) is 54.1 Å². The third-order valence-corrected chi connectivity index (χ3v) is 11.4. The zero-order chi connectivity index (χ0) is 14.0. The fourth-order valence-corrected chi connectivity index (χ4v) is 9.83. The van der Waals surface area contributed by atoms with E-state index in [0.717, 1.165) is 5.54 Å². The summed E-state index contributed by atoms with van der Waals surface area (Å²) in [6.07, 6.45) is 14.4. The van der Waals surface area contributed by atoms with Crippen molar-refractivity contribution in [1.82, 2.24) is 0 Å². The molecule has 0 saturated heterocycles. The van der Waals surface area contributed by atoms with Crippen LogP contribution in [0.5, 0.6) is 0 Å². The molecule has 1 heteroatoms. The normalized spacial score (nSPS) is 26.3. The Morgan fingerprint density at radius 3 is 2.30 bits per heavy atom. The van der Waals surface area contributed by atoms with Crippen molar-refractivity contribution >= 4 is 13.3 Å². The van der Waals surface area contributed by atoms with Crippen LogP contribution in [-0.2, 0) is 0 Å². The Labute approximate surface area is 124 Å². The number of benzene rings is 1. The highest BCUT2D eigenvalue weighted by Crippen LogP contribution is 2.47. The summed E-state index contributed by atoms with van der Waals surface area (Å²) in [7, 11) is -1.51. The van der Waals surface area contributed by atoms with Gasteiger partial charge in [0.15, 0.2) is 0 Å². The summed E-state index contributed by atoms with van der Waals surface area (Å²) in [6.45, 7) is 4.98. The van der Waals surface area contributed by atoms with Crippen molar-refractivity contribution in [3.05, 3.63) is 54.1 Å². The lowest BCUT2D eigenvalue weighted by molar-refractivity contribution is 0.491. The first-order valence-corrected chi connectivity index (χ1v) is 10.8. The summed E-state index contributed by atoms with van der Waals surface area (Å²) >= 11 is 0. The topological polar surface area (TPSA) is 0 Å². The molecule has 2 aliphatic carbocycles. The van der Waals surface area contributed by atoms with Crippen LogP contribution in [0.3, 0.4) is 0 Å². The molecule has 0 nitrogen and oxygen atoms in total. The largest absolute Gasteiger partial charge is 0.0974 e. The Hall–Kier alpha value is -1.08. The lowest BCUT2D eigenvalue weighted by atomic mass is 10.0. The van der Waals surface area contributed by atoms with Crippen molar-refractivity contribution in [1.29, 1.82) is 0 Å². The van der Waals surface area contributed by atoms with Crippen molar-refractivity contribution in [3.8, 4) is 0 Å². The molecule has 0 amide bonds. The van der Waals surface area contributed by atoms with E-state index < -0.39 is 8.07 Å². The second-order valence-corrected chi connectivity index (χ2v) is 11.3. The fraction of sp³-hybridized carbons (Fsp3) is 0.474. The van der Waals surface area contributed by atoms with Crippen LogP contribution >= 0.6 is 0 Å². The van der Waals surface area contributed by atoms with Crippen LogP contribution in [0.25, 0.3) is 0 Å². The molecule has 0 N–H and O–H groups in total. The van der Waals surface area contributed by atoms with E-state index in [1.54, 1.807) is 10.8 Å². The summed E-state index contributed by atoms with van der Waals surface area (Å²) < 4.78 is 0. The highest BCUT2D eigenvalue weighted by Gasteiger charge is 2.45. The number of rotatable bonds is 3. The van der Waals surface area contributed by atoms with Crippen LogP contribution in [0.1, 0.15) is 39.0 Å². The van der Waals surface area contributed by atoms with Crippen LogP contribution in [-0.4, -0.2) is 8.07 Å². The van der Waals surface area contributed by atoms with Gasteiger partial charge < -0.3 is 0 Å². The lowest BCUT2D eigenvalue weighted by Gasteiger charge is -2.43. The molecular formula is C19H26Si. The zero-order valence-electron chi connectivity index (χ0n) is 12.8. The maximum Gasteiger partial charge on any atom is 0.0974 e. The van der Waals surface area contributed by atoms with Crippen LogP contribution in [0.2, 0.25) is 17.6 Å². The Kier molecular flexibility index (Phi) is 3.98. The molecule has 0 spiro atoms. The van der Waals surface area contributed by atoms with Crippen molar-refractivity contribution in [2.24, 2.45) is 0 Å². The molecule has 1 saturated carbocycles. The molecule has 1 fully saturated rings. The van der Waals surface area contributed by atoms with E-state index in [0.29, 0.717) is 5.54 Å². The number of hydrogen-bond donors (Lipinski definition) is 0. The monoisotopic (exact) mass is 282 g/mol. The van der Waals surface area contributed by atoms with Gasteiger partial charge in [-0.2, -0.15) is 0 Å². The molecule has 2 unspecified atom stereocenters. The Morgan fingerprint density at radius 1 is 1.00 bits per heavy atom. The van der Waals surface area contributed by atoms with E-state index in [9.17, 15) is 0 Å². The molecule has 0 radical (unpaired) electrons. The van der Waals surface area contributed by atoms with E-state index in [2.05, 4.69) is 62.0 Å². The standard InChI is InChI=1S/C19H26Si/c1-16-10-9-15-19(16)20(2,17-11-5-3-6-12-17)18-13-7-4-8-14-18/h3,5-6,9-12,15,18-19H,4,7-8,13-14H2,1-2H3. The first-order chi connectivity index (χ1) is 9.73. The molecule has 2 atom stereocenters. The van der Waals surface area contributed by atoms with Gasteiger partial charge in [-0.15, -0.1) is 0 Å². The quantitative estimate of drug-likeness (QED) is 0.669. The van der Waals surface area contributed by atoms with E-state index in [-0.39, 0.29) is 0 Å². The smallest absolute Gasteiger partial charge is 0.0797 e. The summed E-state index contributed by atoms with van der Waals surface area (Å²) in [4.78, 5) is 0. The van der Waals surface area contributed by atoms with Gasteiger partial charge in [-0.05, 0) is 18.0 Å². The molecule has 0 heterocycles. The maximum atomic E-state index is 2.65. The van der Waals surface area contributed by atoms with Crippen molar-refractivity contribution < 1.29 is 0 Å². The third-order valence-electron chi connectivity index (χ3n) is 5.65. The van der Waals surface area contributed by atoms with Gasteiger partial charge in [0.05, 0.1) is 8.07 Å². The van der Waals surface area contributed by atoms with E-state index in [1.807, 2.05) is 0 Å². The van der Waals surface area contributed by atoms with Crippen LogP contribution in [0.4, 0.5) is 0 Å². The van der Waals surface area contributed by atoms with Gasteiger partial charge in [-0.3, -0.25) is 0 Å². The van der Waals surface area contributed by atoms with Crippen LogP contribution < -0.4 is 5.19 Å². The zero-order valence-corrected chi connectivity index (χ0v) is 13.8. The van der Waals surface area contributed by atoms with Gasteiger partial charge in [-0.25, -0.2) is 0 Å². The number of hydrogen-bond acceptors (Lipinski definition) is 0. The minimum Gasteiger partial charge on any atom is -0.0797 e. The number of allylic oxidation sites excluding steroid dienone is 4. The highest BCUT2D eigenvalue weighted by atomic mass is 28.3. The first kappa shape index (κ1) is 13.9. The van der Waals surface area contributed by atoms with Gasteiger partial charge in [0.1, 0.15) is 0 Å². The second kappa shape index (κ2) is 5.73. The van der Waals surface area contributed by atoms with Crippen molar-refractivity contribution in [2.75, 3.05) is 0 Å². The SMILES string of the molecule is CC1=CC=CC1[Si](C)(c1ccccc1)C1CCCCC1. The first-order valence-electron chi connectivity index (χ1n) is 8.13. The van der Waals surface area contributed by atoms with E-state index in [4.69, 9.17) is 0 Å². The Balaban J connectivity index is 2.02. The summed E-state index contributed by atoms with van der Waals surface area (Å²) in [6, 6.07) is 11.4. The summed E-state index contributed by atoms with van der Waals surface area (Å²) in [5.41, 5.74) is 3.26. The highest BCUT2D eigenvalue weighted by molar-refractivity contribution is 6.94. The molecule has 106 valence electrons. The third kappa shape index (κ3) is 2.33. The molecule has 0 aliphatic heterocycles. The Morgan fingerprint density at radius 2 is 1.70 bits per heavy atom. The van der Waals surface area contributed by atoms with Gasteiger partial charge in [0, 0.05) is 0 Å². The maximum absolute atomic E-state index is 2.65. The molecule has 1 aromatic carbocycles. The molecule has 3 rings (SSSR count). The fourth-order valence-electron chi connectivity index (χ4n) is 4.42. The van der Waals surface area contributed by atoms with Gasteiger partial charge in [0.2, 0.25) is 0 Å². The minimum absolute atomic E-state index is 0.716. The molecule has 1 aromatic rings. The summed E-state index contributed by atoms with van der Waals surface area (Å²) in [5.74, 6) is 0. The van der Waals surface area contributed by atoms with E-state index in [1.165, 1.54) is 32.1 Å². The van der Waals surface area contributed by atoms with Crippen LogP contribution in [0, 0.1) is 0 Å². The second-order valence-electron chi connectivity index (χ2n) is 6.76. The average molecular weight is 283 g/mol. The molecule has 0 aromatic heterocycles. The van der Waals surface area contributed by atoms with Gasteiger partial charge >= 0.3 is 0 Å². The van der Waals surface area contributed by atoms with E-state index >= 15 is 0 Å². The van der Waals surface area contributed by atoms with Crippen molar-refractivity contribution in [2.45, 2.75) is 56.7 Å². The molecule has 2 aliphatic rings. The predicted octanol–water partition coefficient (Wildman–Crippen LogP) is 5.19. The van der Waals surface area contributed by atoms with Gasteiger partial charge in [-0.1, -0.05) is 98.0 Å². The molecule has 20 heavy (non-hydrogen) atoms. The van der Waals surface area contributed by atoms with Gasteiger partial charge in [0.25, 0.3) is 0 Å². The average Bonchev–Trinajstić information content (AvgIpc) is 2.95. The minimum atomic E-state index is -1.51.